The van der Waals surface area contributed by atoms with E-state index >= 15 is 0 Å². The van der Waals surface area contributed by atoms with E-state index in [-0.39, 0.29) is 35.5 Å². The molecule has 20 heavy (non-hydrogen) atoms. The first kappa shape index (κ1) is 19.7. The van der Waals surface area contributed by atoms with Crippen molar-refractivity contribution in [1.29, 1.82) is 0 Å². The van der Waals surface area contributed by atoms with Gasteiger partial charge >= 0.3 is 0 Å². The molecule has 0 saturated carbocycles. The Morgan fingerprint density at radius 1 is 1.40 bits per heavy atom. The lowest BCUT2D eigenvalue weighted by molar-refractivity contribution is 0.0205. The molecule has 0 amide bonds. The molecule has 0 aliphatic rings. The van der Waals surface area contributed by atoms with Crippen molar-refractivity contribution in [2.45, 2.75) is 33.4 Å². The van der Waals surface area contributed by atoms with Crippen molar-refractivity contribution in [3.8, 4) is 0 Å². The minimum atomic E-state index is 0. The lowest BCUT2D eigenvalue weighted by Crippen LogP contribution is -2.45. The highest BCUT2D eigenvalue weighted by Crippen LogP contribution is 2.20. The van der Waals surface area contributed by atoms with Crippen LogP contribution in [0.2, 0.25) is 0 Å². The van der Waals surface area contributed by atoms with Gasteiger partial charge in [-0.2, -0.15) is 0 Å². The molecule has 1 aromatic rings. The van der Waals surface area contributed by atoms with Gasteiger partial charge in [0.25, 0.3) is 0 Å². The minimum Gasteiger partial charge on any atom is -0.379 e. The molecule has 0 aliphatic carbocycles. The standard InChI is InChI=1S/C14H25N3OS.HI/c1-14(2,3)12(18-5)10-17-13(15-4)16-9-11-7-6-8-19-11;/h6-8,12H,9-10H2,1-5H3,(H2,15,16,17);1H. The number of methoxy groups -OCH3 is 1. The number of nitrogens with one attached hydrogen (secondary N) is 2. The van der Waals surface area contributed by atoms with Gasteiger partial charge in [-0.15, -0.1) is 35.3 Å². The second-order valence-electron chi connectivity index (χ2n) is 5.48. The van der Waals surface area contributed by atoms with E-state index in [0.717, 1.165) is 19.0 Å². The molecule has 0 aromatic carbocycles. The number of thiophene rings is 1. The van der Waals surface area contributed by atoms with Crippen LogP contribution in [0.25, 0.3) is 0 Å². The van der Waals surface area contributed by atoms with Crippen LogP contribution in [0.3, 0.4) is 0 Å². The molecule has 1 heterocycles. The number of ether oxygens (including phenoxy) is 1. The smallest absolute Gasteiger partial charge is 0.191 e. The Morgan fingerprint density at radius 2 is 2.10 bits per heavy atom. The Labute approximate surface area is 143 Å². The summed E-state index contributed by atoms with van der Waals surface area (Å²) in [5.74, 6) is 0.805. The fourth-order valence-electron chi connectivity index (χ4n) is 1.74. The fourth-order valence-corrected chi connectivity index (χ4v) is 2.38. The summed E-state index contributed by atoms with van der Waals surface area (Å²) >= 11 is 1.74. The van der Waals surface area contributed by atoms with Gasteiger partial charge in [0, 0.05) is 25.6 Å². The van der Waals surface area contributed by atoms with Crippen molar-refractivity contribution in [3.63, 3.8) is 0 Å². The van der Waals surface area contributed by atoms with E-state index in [9.17, 15) is 0 Å². The highest BCUT2D eigenvalue weighted by molar-refractivity contribution is 14.0. The lowest BCUT2D eigenvalue weighted by Gasteiger charge is -2.30. The van der Waals surface area contributed by atoms with Crippen molar-refractivity contribution < 1.29 is 4.74 Å². The summed E-state index contributed by atoms with van der Waals surface area (Å²) < 4.78 is 5.52. The van der Waals surface area contributed by atoms with Crippen LogP contribution in [-0.2, 0) is 11.3 Å². The Balaban J connectivity index is 0.00000361. The predicted molar refractivity (Wildman–Crippen MR) is 98.2 cm³/mol. The minimum absolute atomic E-state index is 0. The number of aliphatic imine (C=N–C) groups is 1. The van der Waals surface area contributed by atoms with E-state index in [1.807, 2.05) is 0 Å². The molecule has 0 saturated heterocycles. The van der Waals surface area contributed by atoms with Gasteiger partial charge in [0.2, 0.25) is 0 Å². The predicted octanol–water partition coefficient (Wildman–Crippen LogP) is 3.09. The Hall–Kier alpha value is -0.340. The van der Waals surface area contributed by atoms with Crippen molar-refractivity contribution >= 4 is 41.3 Å². The molecule has 0 bridgehead atoms. The zero-order valence-electron chi connectivity index (χ0n) is 12.9. The summed E-state index contributed by atoms with van der Waals surface area (Å²) in [5.41, 5.74) is 0.106. The summed E-state index contributed by atoms with van der Waals surface area (Å²) in [6.45, 7) is 8.05. The van der Waals surface area contributed by atoms with Crippen LogP contribution in [0.1, 0.15) is 25.6 Å². The molecule has 4 nitrogen and oxygen atoms in total. The zero-order valence-corrected chi connectivity index (χ0v) is 16.0. The van der Waals surface area contributed by atoms with Gasteiger partial charge in [-0.25, -0.2) is 0 Å². The maximum Gasteiger partial charge on any atom is 0.191 e. The highest BCUT2D eigenvalue weighted by atomic mass is 127. The number of hydrogen-bond acceptors (Lipinski definition) is 3. The van der Waals surface area contributed by atoms with Gasteiger partial charge < -0.3 is 15.4 Å². The quantitative estimate of drug-likeness (QED) is 0.445. The first-order valence-electron chi connectivity index (χ1n) is 6.47. The van der Waals surface area contributed by atoms with Crippen molar-refractivity contribution in [3.05, 3.63) is 22.4 Å². The van der Waals surface area contributed by atoms with Crippen molar-refractivity contribution in [2.24, 2.45) is 10.4 Å². The average molecular weight is 411 g/mol. The Kier molecular flexibility index (Phi) is 9.41. The van der Waals surface area contributed by atoms with Crippen LogP contribution >= 0.6 is 35.3 Å². The monoisotopic (exact) mass is 411 g/mol. The summed E-state index contributed by atoms with van der Waals surface area (Å²) in [7, 11) is 3.53. The first-order chi connectivity index (χ1) is 8.97. The molecule has 1 aromatic heterocycles. The molecule has 6 heteroatoms. The third kappa shape index (κ3) is 6.90. The molecule has 0 spiro atoms. The summed E-state index contributed by atoms with van der Waals surface area (Å²) in [4.78, 5) is 5.51. The number of guanidine groups is 1. The molecule has 0 aliphatic heterocycles. The lowest BCUT2D eigenvalue weighted by atomic mass is 9.89. The van der Waals surface area contributed by atoms with Crippen LogP contribution < -0.4 is 10.6 Å². The van der Waals surface area contributed by atoms with Gasteiger partial charge in [0.15, 0.2) is 5.96 Å². The van der Waals surface area contributed by atoms with Crippen LogP contribution in [0.5, 0.6) is 0 Å². The third-order valence-electron chi connectivity index (χ3n) is 2.94. The van der Waals surface area contributed by atoms with Crippen molar-refractivity contribution in [1.82, 2.24) is 10.6 Å². The second-order valence-corrected chi connectivity index (χ2v) is 6.51. The van der Waals surface area contributed by atoms with E-state index < -0.39 is 0 Å². The first-order valence-corrected chi connectivity index (χ1v) is 7.35. The molecule has 1 unspecified atom stereocenters. The molecule has 0 fully saturated rings. The molecular formula is C14H26IN3OS. The third-order valence-corrected chi connectivity index (χ3v) is 3.82. The van der Waals surface area contributed by atoms with E-state index in [1.54, 1.807) is 25.5 Å². The molecule has 116 valence electrons. The highest BCUT2D eigenvalue weighted by Gasteiger charge is 2.24. The Morgan fingerprint density at radius 3 is 2.55 bits per heavy atom. The largest absolute Gasteiger partial charge is 0.379 e. The van der Waals surface area contributed by atoms with Gasteiger partial charge in [-0.1, -0.05) is 26.8 Å². The average Bonchev–Trinajstić information content (AvgIpc) is 2.85. The normalized spacial score (nSPS) is 13.6. The maximum absolute atomic E-state index is 5.52. The van der Waals surface area contributed by atoms with E-state index in [2.05, 4.69) is 53.9 Å². The number of hydrogen-bond donors (Lipinski definition) is 2. The maximum atomic E-state index is 5.52. The van der Waals surface area contributed by atoms with Crippen LogP contribution in [-0.4, -0.2) is 32.8 Å². The van der Waals surface area contributed by atoms with Crippen LogP contribution in [0, 0.1) is 5.41 Å². The van der Waals surface area contributed by atoms with Gasteiger partial charge in [0.1, 0.15) is 0 Å². The molecule has 0 radical (unpaired) electrons. The van der Waals surface area contributed by atoms with Gasteiger partial charge in [0.05, 0.1) is 12.6 Å². The summed E-state index contributed by atoms with van der Waals surface area (Å²) in [6.07, 6.45) is 0.146. The topological polar surface area (TPSA) is 45.7 Å². The number of rotatable bonds is 5. The fraction of sp³-hybridized carbons (Fsp3) is 0.643. The van der Waals surface area contributed by atoms with E-state index in [4.69, 9.17) is 4.74 Å². The van der Waals surface area contributed by atoms with Crippen LogP contribution in [0.15, 0.2) is 22.5 Å². The van der Waals surface area contributed by atoms with Crippen molar-refractivity contribution in [2.75, 3.05) is 20.7 Å². The molecule has 1 atom stereocenters. The van der Waals surface area contributed by atoms with E-state index in [1.165, 1.54) is 4.88 Å². The number of nitrogens with zero attached hydrogens (tertiary/aromatic N) is 1. The SMILES string of the molecule is CN=C(NCc1cccs1)NCC(OC)C(C)(C)C.I. The summed E-state index contributed by atoms with van der Waals surface area (Å²) in [5, 5.41) is 8.68. The zero-order chi connectivity index (χ0) is 14.3. The number of halogens is 1. The molecule has 2 N–H and O–H groups in total. The molecule has 1 rings (SSSR count). The van der Waals surface area contributed by atoms with Crippen LogP contribution in [0.4, 0.5) is 0 Å². The Bertz CT molecular complexity index is 388. The van der Waals surface area contributed by atoms with Gasteiger partial charge in [-0.3, -0.25) is 4.99 Å². The van der Waals surface area contributed by atoms with Gasteiger partial charge in [-0.05, 0) is 16.9 Å². The molecular weight excluding hydrogens is 385 g/mol. The van der Waals surface area contributed by atoms with E-state index in [0.29, 0.717) is 0 Å². The second kappa shape index (κ2) is 9.57. The summed E-state index contributed by atoms with van der Waals surface area (Å²) in [6, 6.07) is 4.16.